The van der Waals surface area contributed by atoms with Gasteiger partial charge >= 0.3 is 0 Å². The molecule has 0 saturated carbocycles. The van der Waals surface area contributed by atoms with Gasteiger partial charge in [0.15, 0.2) is 0 Å². The van der Waals surface area contributed by atoms with Gasteiger partial charge in [-0.25, -0.2) is 0 Å². The molecular weight excluding hydrogens is 253 g/mol. The van der Waals surface area contributed by atoms with E-state index in [1.165, 1.54) is 11.1 Å². The van der Waals surface area contributed by atoms with Crippen molar-refractivity contribution in [3.63, 3.8) is 0 Å². The minimum atomic E-state index is 0.267. The molecule has 1 atom stereocenters. The van der Waals surface area contributed by atoms with Crippen LogP contribution in [-0.2, 0) is 6.42 Å². The topological polar surface area (TPSA) is 12.0 Å². The van der Waals surface area contributed by atoms with Crippen molar-refractivity contribution in [2.75, 3.05) is 5.32 Å². The van der Waals surface area contributed by atoms with E-state index in [4.69, 9.17) is 23.2 Å². The van der Waals surface area contributed by atoms with Crippen molar-refractivity contribution in [3.8, 4) is 0 Å². The fraction of sp³-hybridized carbons (Fsp3) is 0.143. The number of fused-ring (bicyclic) bond motifs is 1. The Labute approximate surface area is 110 Å². The highest BCUT2D eigenvalue weighted by atomic mass is 35.5. The van der Waals surface area contributed by atoms with E-state index in [0.717, 1.165) is 22.2 Å². The van der Waals surface area contributed by atoms with Gasteiger partial charge < -0.3 is 5.32 Å². The lowest BCUT2D eigenvalue weighted by atomic mass is 10.0. The highest BCUT2D eigenvalue weighted by Crippen LogP contribution is 2.38. The zero-order chi connectivity index (χ0) is 11.8. The summed E-state index contributed by atoms with van der Waals surface area (Å²) in [4.78, 5) is 0. The lowest BCUT2D eigenvalue weighted by molar-refractivity contribution is 0.824. The summed E-state index contributed by atoms with van der Waals surface area (Å²) in [5.74, 6) is 0. The number of halogens is 2. The Morgan fingerprint density at radius 2 is 1.88 bits per heavy atom. The van der Waals surface area contributed by atoms with Crippen LogP contribution >= 0.6 is 23.2 Å². The molecule has 1 heterocycles. The molecule has 1 aliphatic rings. The van der Waals surface area contributed by atoms with Gasteiger partial charge in [0, 0.05) is 5.02 Å². The molecule has 0 bridgehead atoms. The number of benzene rings is 2. The summed E-state index contributed by atoms with van der Waals surface area (Å²) in [6.07, 6.45) is 0.955. The highest BCUT2D eigenvalue weighted by Gasteiger charge is 2.23. The maximum absolute atomic E-state index is 6.17. The predicted molar refractivity (Wildman–Crippen MR) is 73.0 cm³/mol. The fourth-order valence-corrected chi connectivity index (χ4v) is 2.72. The molecule has 0 radical (unpaired) electrons. The van der Waals surface area contributed by atoms with Crippen LogP contribution in [0.4, 0.5) is 5.69 Å². The summed E-state index contributed by atoms with van der Waals surface area (Å²) in [5, 5.41) is 5.01. The first-order valence-corrected chi connectivity index (χ1v) is 6.29. The van der Waals surface area contributed by atoms with E-state index in [1.54, 1.807) is 0 Å². The summed E-state index contributed by atoms with van der Waals surface area (Å²) >= 11 is 12.2. The second kappa shape index (κ2) is 4.25. The Hall–Kier alpha value is -1.18. The molecule has 17 heavy (non-hydrogen) atoms. The first-order chi connectivity index (χ1) is 8.24. The Kier molecular flexibility index (Phi) is 2.73. The quantitative estimate of drug-likeness (QED) is 0.787. The van der Waals surface area contributed by atoms with E-state index in [0.29, 0.717) is 0 Å². The van der Waals surface area contributed by atoms with Crippen LogP contribution in [0.5, 0.6) is 0 Å². The zero-order valence-corrected chi connectivity index (χ0v) is 10.6. The fourth-order valence-electron chi connectivity index (χ4n) is 2.27. The highest BCUT2D eigenvalue weighted by molar-refractivity contribution is 6.33. The third-order valence-electron chi connectivity index (χ3n) is 3.09. The van der Waals surface area contributed by atoms with Gasteiger partial charge in [-0.1, -0.05) is 47.5 Å². The third-order valence-corrected chi connectivity index (χ3v) is 3.64. The van der Waals surface area contributed by atoms with Gasteiger partial charge in [0.25, 0.3) is 0 Å². The summed E-state index contributed by atoms with van der Waals surface area (Å²) < 4.78 is 0. The average Bonchev–Trinajstić information content (AvgIpc) is 2.74. The number of rotatable bonds is 1. The van der Waals surface area contributed by atoms with Gasteiger partial charge in [0.1, 0.15) is 0 Å². The van der Waals surface area contributed by atoms with E-state index in [1.807, 2.05) is 30.3 Å². The van der Waals surface area contributed by atoms with Crippen molar-refractivity contribution in [1.82, 2.24) is 0 Å². The Morgan fingerprint density at radius 1 is 1.06 bits per heavy atom. The van der Waals surface area contributed by atoms with Crippen molar-refractivity contribution in [2.24, 2.45) is 0 Å². The zero-order valence-electron chi connectivity index (χ0n) is 9.08. The number of anilines is 1. The van der Waals surface area contributed by atoms with E-state index < -0.39 is 0 Å². The third kappa shape index (κ3) is 2.01. The van der Waals surface area contributed by atoms with Crippen molar-refractivity contribution in [3.05, 3.63) is 63.6 Å². The van der Waals surface area contributed by atoms with Gasteiger partial charge in [-0.05, 0) is 35.7 Å². The molecule has 0 fully saturated rings. The molecule has 1 unspecified atom stereocenters. The van der Waals surface area contributed by atoms with Crippen LogP contribution in [-0.4, -0.2) is 0 Å². The minimum absolute atomic E-state index is 0.267. The molecule has 0 amide bonds. The molecule has 86 valence electrons. The second-order valence-corrected chi connectivity index (χ2v) is 5.07. The van der Waals surface area contributed by atoms with Crippen molar-refractivity contribution in [2.45, 2.75) is 12.5 Å². The van der Waals surface area contributed by atoms with E-state index >= 15 is 0 Å². The lowest BCUT2D eigenvalue weighted by Crippen LogP contribution is -2.05. The standard InChI is InChI=1S/C14H11Cl2N/c15-11-5-1-3-9(7-11)13-8-10-4-2-6-12(16)14(10)17-13/h1-7,13,17H,8H2. The molecule has 3 heteroatoms. The van der Waals surface area contributed by atoms with E-state index in [-0.39, 0.29) is 6.04 Å². The van der Waals surface area contributed by atoms with Crippen LogP contribution in [0, 0.1) is 0 Å². The molecule has 0 aromatic heterocycles. The normalized spacial score (nSPS) is 17.6. The second-order valence-electron chi connectivity index (χ2n) is 4.23. The number of nitrogens with one attached hydrogen (secondary N) is 1. The van der Waals surface area contributed by atoms with Crippen molar-refractivity contribution in [1.29, 1.82) is 0 Å². The number of hydrogen-bond donors (Lipinski definition) is 1. The lowest BCUT2D eigenvalue weighted by Gasteiger charge is -2.12. The first kappa shape index (κ1) is 10.9. The van der Waals surface area contributed by atoms with Crippen molar-refractivity contribution < 1.29 is 0 Å². The molecule has 0 saturated heterocycles. The maximum atomic E-state index is 6.17. The monoisotopic (exact) mass is 263 g/mol. The van der Waals surface area contributed by atoms with Gasteiger partial charge in [-0.2, -0.15) is 0 Å². The van der Waals surface area contributed by atoms with Crippen LogP contribution in [0.3, 0.4) is 0 Å². The van der Waals surface area contributed by atoms with Crippen LogP contribution in [0.2, 0.25) is 10.0 Å². The van der Waals surface area contributed by atoms with Gasteiger partial charge in [-0.3, -0.25) is 0 Å². The van der Waals surface area contributed by atoms with Crippen LogP contribution in [0.1, 0.15) is 17.2 Å². The number of para-hydroxylation sites is 1. The van der Waals surface area contributed by atoms with Crippen LogP contribution in [0.25, 0.3) is 0 Å². The molecular formula is C14H11Cl2N. The van der Waals surface area contributed by atoms with Crippen LogP contribution in [0.15, 0.2) is 42.5 Å². The molecule has 0 aliphatic carbocycles. The van der Waals surface area contributed by atoms with E-state index in [2.05, 4.69) is 17.4 Å². The van der Waals surface area contributed by atoms with Gasteiger partial charge in [-0.15, -0.1) is 0 Å². The largest absolute Gasteiger partial charge is 0.376 e. The van der Waals surface area contributed by atoms with Gasteiger partial charge in [0.2, 0.25) is 0 Å². The molecule has 2 aromatic rings. The molecule has 0 spiro atoms. The van der Waals surface area contributed by atoms with Crippen molar-refractivity contribution >= 4 is 28.9 Å². The predicted octanol–water partition coefficient (Wildman–Crippen LogP) is 4.70. The SMILES string of the molecule is Clc1cccc(C2Cc3cccc(Cl)c3N2)c1. The summed E-state index contributed by atoms with van der Waals surface area (Å²) in [6.45, 7) is 0. The van der Waals surface area contributed by atoms with E-state index in [9.17, 15) is 0 Å². The van der Waals surface area contributed by atoms with Gasteiger partial charge in [0.05, 0.1) is 16.8 Å². The summed E-state index contributed by atoms with van der Waals surface area (Å²) in [7, 11) is 0. The maximum Gasteiger partial charge on any atom is 0.0640 e. The Bertz CT molecular complexity index is 566. The molecule has 1 nitrogen and oxygen atoms in total. The molecule has 1 N–H and O–H groups in total. The molecule has 2 aromatic carbocycles. The molecule has 1 aliphatic heterocycles. The Balaban J connectivity index is 1.94. The smallest absolute Gasteiger partial charge is 0.0640 e. The summed E-state index contributed by atoms with van der Waals surface area (Å²) in [6, 6.07) is 14.2. The summed E-state index contributed by atoms with van der Waals surface area (Å²) in [5.41, 5.74) is 3.52. The number of hydrogen-bond acceptors (Lipinski definition) is 1. The van der Waals surface area contributed by atoms with Crippen LogP contribution < -0.4 is 5.32 Å². The molecule has 3 rings (SSSR count). The Morgan fingerprint density at radius 3 is 2.65 bits per heavy atom. The average molecular weight is 264 g/mol. The first-order valence-electron chi connectivity index (χ1n) is 5.53. The minimum Gasteiger partial charge on any atom is -0.376 e.